The van der Waals surface area contributed by atoms with Crippen molar-refractivity contribution in [3.63, 3.8) is 0 Å². The van der Waals surface area contributed by atoms with Crippen molar-refractivity contribution in [2.45, 2.75) is 26.4 Å². The molecule has 0 aliphatic rings. The third kappa shape index (κ3) is 4.22. The van der Waals surface area contributed by atoms with Crippen molar-refractivity contribution in [1.82, 2.24) is 5.32 Å². The van der Waals surface area contributed by atoms with E-state index in [1.165, 1.54) is 16.7 Å². The summed E-state index contributed by atoms with van der Waals surface area (Å²) >= 11 is 9.51. The maximum atomic E-state index is 5.97. The Balaban J connectivity index is 2.11. The third-order valence-corrected chi connectivity index (χ3v) is 4.44. The minimum absolute atomic E-state index is 0.197. The van der Waals surface area contributed by atoms with Crippen LogP contribution in [-0.4, -0.2) is 7.11 Å². The predicted molar refractivity (Wildman–Crippen MR) is 92.1 cm³/mol. The molecule has 2 aromatic rings. The lowest BCUT2D eigenvalue weighted by Gasteiger charge is -2.18. The summed E-state index contributed by atoms with van der Waals surface area (Å²) in [6.45, 7) is 4.99. The zero-order valence-electron chi connectivity index (χ0n) is 12.4. The molecule has 1 atom stereocenters. The lowest BCUT2D eigenvalue weighted by Crippen LogP contribution is -2.19. The molecular formula is C17H19BrClNO. The molecule has 0 heterocycles. The maximum Gasteiger partial charge on any atom is 0.123 e. The van der Waals surface area contributed by atoms with Crippen LogP contribution in [0.3, 0.4) is 0 Å². The van der Waals surface area contributed by atoms with Crippen LogP contribution < -0.4 is 10.1 Å². The van der Waals surface area contributed by atoms with Crippen LogP contribution in [0.1, 0.15) is 29.7 Å². The molecule has 0 amide bonds. The molecule has 0 aliphatic carbocycles. The highest BCUT2D eigenvalue weighted by Gasteiger charge is 2.12. The number of halogens is 2. The van der Waals surface area contributed by atoms with Gasteiger partial charge in [-0.3, -0.25) is 0 Å². The van der Waals surface area contributed by atoms with E-state index in [1.54, 1.807) is 7.11 Å². The van der Waals surface area contributed by atoms with Crippen molar-refractivity contribution in [2.24, 2.45) is 0 Å². The van der Waals surface area contributed by atoms with E-state index < -0.39 is 0 Å². The number of benzene rings is 2. The molecule has 0 aromatic heterocycles. The molecule has 0 saturated heterocycles. The first-order valence-electron chi connectivity index (χ1n) is 6.83. The highest BCUT2D eigenvalue weighted by Crippen LogP contribution is 2.27. The van der Waals surface area contributed by atoms with E-state index in [4.69, 9.17) is 16.3 Å². The van der Waals surface area contributed by atoms with E-state index in [9.17, 15) is 0 Å². The average Bonchev–Trinajstić information content (AvgIpc) is 2.46. The first-order valence-corrected chi connectivity index (χ1v) is 8.00. The third-order valence-electron chi connectivity index (χ3n) is 3.47. The van der Waals surface area contributed by atoms with Gasteiger partial charge in [0.15, 0.2) is 0 Å². The molecule has 0 radical (unpaired) electrons. The largest absolute Gasteiger partial charge is 0.496 e. The van der Waals surface area contributed by atoms with Crippen LogP contribution in [0, 0.1) is 6.92 Å². The number of rotatable bonds is 5. The molecule has 4 heteroatoms. The van der Waals surface area contributed by atoms with Gasteiger partial charge in [0.1, 0.15) is 5.75 Å². The lowest BCUT2D eigenvalue weighted by molar-refractivity contribution is 0.401. The summed E-state index contributed by atoms with van der Waals surface area (Å²) in [6.07, 6.45) is 0. The molecule has 112 valence electrons. The molecule has 0 aliphatic heterocycles. The monoisotopic (exact) mass is 367 g/mol. The van der Waals surface area contributed by atoms with Crippen molar-refractivity contribution in [3.05, 3.63) is 62.6 Å². The Morgan fingerprint density at radius 1 is 1.24 bits per heavy atom. The van der Waals surface area contributed by atoms with Crippen molar-refractivity contribution in [3.8, 4) is 5.75 Å². The Kier molecular flexibility index (Phi) is 5.68. The molecule has 0 bridgehead atoms. The Hall–Kier alpha value is -1.03. The van der Waals surface area contributed by atoms with Crippen LogP contribution in [0.15, 0.2) is 40.9 Å². The molecule has 2 aromatic carbocycles. The average molecular weight is 369 g/mol. The molecule has 1 unspecified atom stereocenters. The fourth-order valence-corrected chi connectivity index (χ4v) is 3.05. The van der Waals surface area contributed by atoms with Crippen LogP contribution in [0.5, 0.6) is 5.75 Å². The SMILES string of the molecule is COc1ccc(C)cc1C(C)NCc1ccc(Cl)cc1Br. The first kappa shape index (κ1) is 16.3. The molecule has 0 spiro atoms. The molecule has 1 N–H and O–H groups in total. The predicted octanol–water partition coefficient (Wildman–Crippen LogP) is 5.27. The van der Waals surface area contributed by atoms with E-state index in [0.29, 0.717) is 0 Å². The summed E-state index contributed by atoms with van der Waals surface area (Å²) in [5.41, 5.74) is 3.58. The van der Waals surface area contributed by atoms with Gasteiger partial charge in [-0.1, -0.05) is 51.3 Å². The van der Waals surface area contributed by atoms with E-state index in [2.05, 4.69) is 47.2 Å². The van der Waals surface area contributed by atoms with E-state index in [1.807, 2.05) is 24.3 Å². The van der Waals surface area contributed by atoms with Gasteiger partial charge in [0, 0.05) is 27.6 Å². The minimum atomic E-state index is 0.197. The highest BCUT2D eigenvalue weighted by atomic mass is 79.9. The molecule has 21 heavy (non-hydrogen) atoms. The summed E-state index contributed by atoms with van der Waals surface area (Å²) in [5, 5.41) is 4.26. The Morgan fingerprint density at radius 2 is 2.00 bits per heavy atom. The summed E-state index contributed by atoms with van der Waals surface area (Å²) in [4.78, 5) is 0. The van der Waals surface area contributed by atoms with E-state index in [-0.39, 0.29) is 6.04 Å². The number of hydrogen-bond donors (Lipinski definition) is 1. The Labute approximate surface area is 139 Å². The van der Waals surface area contributed by atoms with Crippen molar-refractivity contribution in [1.29, 1.82) is 0 Å². The van der Waals surface area contributed by atoms with Gasteiger partial charge in [-0.2, -0.15) is 0 Å². The van der Waals surface area contributed by atoms with Gasteiger partial charge in [0.2, 0.25) is 0 Å². The number of ether oxygens (including phenoxy) is 1. The second kappa shape index (κ2) is 7.30. The molecular weight excluding hydrogens is 350 g/mol. The summed E-state index contributed by atoms with van der Waals surface area (Å²) < 4.78 is 6.47. The molecule has 2 nitrogen and oxygen atoms in total. The van der Waals surface area contributed by atoms with E-state index >= 15 is 0 Å². The van der Waals surface area contributed by atoms with Crippen molar-refractivity contribution in [2.75, 3.05) is 7.11 Å². The minimum Gasteiger partial charge on any atom is -0.496 e. The second-order valence-corrected chi connectivity index (χ2v) is 6.37. The molecule has 2 rings (SSSR count). The van der Waals surface area contributed by atoms with Crippen LogP contribution in [0.4, 0.5) is 0 Å². The highest BCUT2D eigenvalue weighted by molar-refractivity contribution is 9.10. The van der Waals surface area contributed by atoms with Gasteiger partial charge >= 0.3 is 0 Å². The van der Waals surface area contributed by atoms with Gasteiger partial charge < -0.3 is 10.1 Å². The number of aryl methyl sites for hydroxylation is 1. The van der Waals surface area contributed by atoms with Gasteiger partial charge in [-0.05, 0) is 37.6 Å². The van der Waals surface area contributed by atoms with Crippen LogP contribution in [0.2, 0.25) is 5.02 Å². The fraction of sp³-hybridized carbons (Fsp3) is 0.294. The molecule has 0 saturated carbocycles. The van der Waals surface area contributed by atoms with Crippen LogP contribution in [-0.2, 0) is 6.54 Å². The first-order chi connectivity index (χ1) is 10.0. The van der Waals surface area contributed by atoms with Gasteiger partial charge in [-0.25, -0.2) is 0 Å². The number of nitrogens with one attached hydrogen (secondary N) is 1. The standard InChI is InChI=1S/C17H19BrClNO/c1-11-4-7-17(21-3)15(8-11)12(2)20-10-13-5-6-14(19)9-16(13)18/h4-9,12,20H,10H2,1-3H3. The summed E-state index contributed by atoms with van der Waals surface area (Å²) in [5.74, 6) is 0.913. The second-order valence-electron chi connectivity index (χ2n) is 5.08. The lowest BCUT2D eigenvalue weighted by atomic mass is 10.0. The Bertz CT molecular complexity index is 630. The topological polar surface area (TPSA) is 21.3 Å². The normalized spacial score (nSPS) is 12.2. The zero-order valence-corrected chi connectivity index (χ0v) is 14.8. The summed E-state index contributed by atoms with van der Waals surface area (Å²) in [7, 11) is 1.71. The van der Waals surface area contributed by atoms with Gasteiger partial charge in [-0.15, -0.1) is 0 Å². The maximum absolute atomic E-state index is 5.97. The number of hydrogen-bond acceptors (Lipinski definition) is 2. The zero-order chi connectivity index (χ0) is 15.4. The van der Waals surface area contributed by atoms with Crippen LogP contribution >= 0.6 is 27.5 Å². The molecule has 0 fully saturated rings. The fourth-order valence-electron chi connectivity index (χ4n) is 2.23. The van der Waals surface area contributed by atoms with Crippen molar-refractivity contribution < 1.29 is 4.74 Å². The van der Waals surface area contributed by atoms with Crippen molar-refractivity contribution >= 4 is 27.5 Å². The van der Waals surface area contributed by atoms with Gasteiger partial charge in [0.25, 0.3) is 0 Å². The smallest absolute Gasteiger partial charge is 0.123 e. The van der Waals surface area contributed by atoms with E-state index in [0.717, 1.165) is 21.8 Å². The quantitative estimate of drug-likeness (QED) is 0.776. The Morgan fingerprint density at radius 3 is 2.67 bits per heavy atom. The van der Waals surface area contributed by atoms with Crippen LogP contribution in [0.25, 0.3) is 0 Å². The van der Waals surface area contributed by atoms with Gasteiger partial charge in [0.05, 0.1) is 7.11 Å². The summed E-state index contributed by atoms with van der Waals surface area (Å²) in [6, 6.07) is 12.3. The number of methoxy groups -OCH3 is 1.